The van der Waals surface area contributed by atoms with Crippen molar-refractivity contribution in [3.63, 3.8) is 0 Å². The number of carbonyl (C=O) groups is 1. The van der Waals surface area contributed by atoms with Crippen molar-refractivity contribution in [2.45, 2.75) is 0 Å². The molecule has 0 saturated heterocycles. The predicted molar refractivity (Wildman–Crippen MR) is 66.3 cm³/mol. The Kier molecular flexibility index (Phi) is 2.38. The van der Waals surface area contributed by atoms with Crippen LogP contribution in [0.3, 0.4) is 0 Å². The van der Waals surface area contributed by atoms with Crippen LogP contribution in [0.2, 0.25) is 0 Å². The second-order valence-electron chi connectivity index (χ2n) is 3.47. The fourth-order valence-corrected chi connectivity index (χ4v) is 2.25. The summed E-state index contributed by atoms with van der Waals surface area (Å²) < 4.78 is 6.06. The average molecular weight is 244 g/mol. The number of nitrogens with zero attached hydrogens (tertiary/aromatic N) is 1. The Morgan fingerprint density at radius 3 is 3.12 bits per heavy atom. The van der Waals surface area contributed by atoms with E-state index in [1.807, 2.05) is 18.2 Å². The number of nitrogens with one attached hydrogen (secondary N) is 1. The van der Waals surface area contributed by atoms with E-state index in [1.165, 1.54) is 6.26 Å². The van der Waals surface area contributed by atoms with Gasteiger partial charge in [0, 0.05) is 5.69 Å². The molecule has 0 aliphatic rings. The molecule has 5 heteroatoms. The van der Waals surface area contributed by atoms with Crippen molar-refractivity contribution in [1.82, 2.24) is 4.98 Å². The van der Waals surface area contributed by atoms with Crippen LogP contribution in [0.4, 0.5) is 5.69 Å². The van der Waals surface area contributed by atoms with Gasteiger partial charge in [0.25, 0.3) is 5.91 Å². The van der Waals surface area contributed by atoms with Crippen molar-refractivity contribution in [2.75, 3.05) is 5.32 Å². The Labute approximate surface area is 101 Å². The number of rotatable bonds is 2. The van der Waals surface area contributed by atoms with Gasteiger partial charge in [-0.25, -0.2) is 4.98 Å². The highest BCUT2D eigenvalue weighted by atomic mass is 32.1. The molecule has 0 bridgehead atoms. The Morgan fingerprint density at radius 1 is 1.35 bits per heavy atom. The second-order valence-corrected chi connectivity index (χ2v) is 4.35. The number of aromatic nitrogens is 1. The van der Waals surface area contributed by atoms with Gasteiger partial charge in [-0.1, -0.05) is 0 Å². The molecule has 4 nitrogen and oxygen atoms in total. The number of thiazole rings is 1. The van der Waals surface area contributed by atoms with Crippen LogP contribution in [-0.2, 0) is 0 Å². The first-order valence-corrected chi connectivity index (χ1v) is 5.89. The summed E-state index contributed by atoms with van der Waals surface area (Å²) in [4.78, 5) is 15.9. The molecule has 0 radical (unpaired) electrons. The number of anilines is 1. The molecule has 0 atom stereocenters. The first kappa shape index (κ1) is 10.0. The predicted octanol–water partition coefficient (Wildman–Crippen LogP) is 3.14. The number of fused-ring (bicyclic) bond motifs is 1. The standard InChI is InChI=1S/C12H8N2O2S/c15-12(10-2-1-5-16-10)14-8-3-4-9-11(6-8)17-7-13-9/h1-7H,(H,14,15). The summed E-state index contributed by atoms with van der Waals surface area (Å²) >= 11 is 1.54. The number of furan rings is 1. The summed E-state index contributed by atoms with van der Waals surface area (Å²) in [5.74, 6) is 0.0493. The molecule has 1 N–H and O–H groups in total. The maximum Gasteiger partial charge on any atom is 0.291 e. The maximum absolute atomic E-state index is 11.7. The first-order valence-electron chi connectivity index (χ1n) is 5.01. The molecule has 1 amide bonds. The van der Waals surface area contributed by atoms with E-state index in [0.717, 1.165) is 15.9 Å². The molecule has 0 spiro atoms. The van der Waals surface area contributed by atoms with E-state index >= 15 is 0 Å². The van der Waals surface area contributed by atoms with Crippen LogP contribution < -0.4 is 5.32 Å². The van der Waals surface area contributed by atoms with Gasteiger partial charge in [-0.15, -0.1) is 11.3 Å². The number of hydrogen-bond acceptors (Lipinski definition) is 4. The van der Waals surface area contributed by atoms with Crippen molar-refractivity contribution in [2.24, 2.45) is 0 Å². The summed E-state index contributed by atoms with van der Waals surface area (Å²) in [5, 5.41) is 2.77. The quantitative estimate of drug-likeness (QED) is 0.753. The summed E-state index contributed by atoms with van der Waals surface area (Å²) in [5.41, 5.74) is 3.46. The van der Waals surface area contributed by atoms with Gasteiger partial charge in [0.2, 0.25) is 0 Å². The van der Waals surface area contributed by atoms with Crippen LogP contribution in [0.15, 0.2) is 46.5 Å². The van der Waals surface area contributed by atoms with Crippen LogP contribution in [0.25, 0.3) is 10.2 Å². The molecule has 0 fully saturated rings. The molecule has 3 aromatic rings. The van der Waals surface area contributed by atoms with E-state index in [0.29, 0.717) is 5.76 Å². The van der Waals surface area contributed by atoms with Gasteiger partial charge in [-0.3, -0.25) is 4.79 Å². The third-order valence-electron chi connectivity index (χ3n) is 2.33. The van der Waals surface area contributed by atoms with Gasteiger partial charge < -0.3 is 9.73 Å². The van der Waals surface area contributed by atoms with Crippen molar-refractivity contribution in [3.8, 4) is 0 Å². The zero-order valence-corrected chi connectivity index (χ0v) is 9.53. The van der Waals surface area contributed by atoms with Crippen molar-refractivity contribution < 1.29 is 9.21 Å². The second kappa shape index (κ2) is 4.03. The van der Waals surface area contributed by atoms with E-state index in [2.05, 4.69) is 10.3 Å². The van der Waals surface area contributed by atoms with Crippen LogP contribution in [-0.4, -0.2) is 10.9 Å². The monoisotopic (exact) mass is 244 g/mol. The minimum atomic E-state index is -0.251. The number of benzene rings is 1. The maximum atomic E-state index is 11.7. The number of amides is 1. The van der Waals surface area contributed by atoms with E-state index in [-0.39, 0.29) is 5.91 Å². The lowest BCUT2D eigenvalue weighted by Gasteiger charge is -2.02. The first-order chi connectivity index (χ1) is 8.33. The van der Waals surface area contributed by atoms with Crippen molar-refractivity contribution in [1.29, 1.82) is 0 Å². The van der Waals surface area contributed by atoms with E-state index in [1.54, 1.807) is 29.0 Å². The highest BCUT2D eigenvalue weighted by Crippen LogP contribution is 2.22. The summed E-state index contributed by atoms with van der Waals surface area (Å²) in [6.45, 7) is 0. The van der Waals surface area contributed by atoms with E-state index < -0.39 is 0 Å². The minimum Gasteiger partial charge on any atom is -0.459 e. The lowest BCUT2D eigenvalue weighted by Crippen LogP contribution is -2.10. The average Bonchev–Trinajstić information content (AvgIpc) is 2.99. The lowest BCUT2D eigenvalue weighted by molar-refractivity contribution is 0.0996. The van der Waals surface area contributed by atoms with Gasteiger partial charge in [-0.05, 0) is 30.3 Å². The summed E-state index contributed by atoms with van der Waals surface area (Å²) in [7, 11) is 0. The zero-order valence-electron chi connectivity index (χ0n) is 8.71. The third-order valence-corrected chi connectivity index (χ3v) is 3.13. The molecule has 2 heterocycles. The van der Waals surface area contributed by atoms with Crippen molar-refractivity contribution in [3.05, 3.63) is 47.9 Å². The fraction of sp³-hybridized carbons (Fsp3) is 0. The molecule has 17 heavy (non-hydrogen) atoms. The van der Waals surface area contributed by atoms with Gasteiger partial charge in [0.15, 0.2) is 5.76 Å². The van der Waals surface area contributed by atoms with Gasteiger partial charge in [-0.2, -0.15) is 0 Å². The largest absolute Gasteiger partial charge is 0.459 e. The molecule has 2 aromatic heterocycles. The fourth-order valence-electron chi connectivity index (χ4n) is 1.53. The smallest absolute Gasteiger partial charge is 0.291 e. The Balaban J connectivity index is 1.87. The van der Waals surface area contributed by atoms with E-state index in [9.17, 15) is 4.79 Å². The summed E-state index contributed by atoms with van der Waals surface area (Å²) in [6.07, 6.45) is 1.47. The third kappa shape index (κ3) is 1.92. The molecule has 0 aliphatic carbocycles. The number of hydrogen-bond donors (Lipinski definition) is 1. The molecular weight excluding hydrogens is 236 g/mol. The van der Waals surface area contributed by atoms with E-state index in [4.69, 9.17) is 4.42 Å². The summed E-state index contributed by atoms with van der Waals surface area (Å²) in [6, 6.07) is 8.90. The molecule has 0 aliphatic heterocycles. The normalized spacial score (nSPS) is 10.6. The van der Waals surface area contributed by atoms with Crippen LogP contribution in [0, 0.1) is 0 Å². The molecular formula is C12H8N2O2S. The molecule has 84 valence electrons. The molecule has 1 aromatic carbocycles. The Morgan fingerprint density at radius 2 is 2.29 bits per heavy atom. The van der Waals surface area contributed by atoms with Crippen LogP contribution >= 0.6 is 11.3 Å². The lowest BCUT2D eigenvalue weighted by atomic mass is 10.3. The van der Waals surface area contributed by atoms with Gasteiger partial charge >= 0.3 is 0 Å². The highest BCUT2D eigenvalue weighted by Gasteiger charge is 2.09. The number of carbonyl (C=O) groups excluding carboxylic acids is 1. The molecule has 0 unspecified atom stereocenters. The van der Waals surface area contributed by atoms with Gasteiger partial charge in [0.05, 0.1) is 22.0 Å². The van der Waals surface area contributed by atoms with Crippen LogP contribution in [0.5, 0.6) is 0 Å². The van der Waals surface area contributed by atoms with Crippen molar-refractivity contribution >= 4 is 33.1 Å². The molecule has 0 saturated carbocycles. The Bertz CT molecular complexity index is 658. The Hall–Kier alpha value is -2.14. The zero-order chi connectivity index (χ0) is 11.7. The van der Waals surface area contributed by atoms with Gasteiger partial charge in [0.1, 0.15) is 0 Å². The van der Waals surface area contributed by atoms with Crippen LogP contribution in [0.1, 0.15) is 10.6 Å². The highest BCUT2D eigenvalue weighted by molar-refractivity contribution is 7.16. The molecule has 3 rings (SSSR count). The SMILES string of the molecule is O=C(Nc1ccc2ncsc2c1)c1ccco1. The minimum absolute atomic E-state index is 0.251. The topological polar surface area (TPSA) is 55.1 Å².